The van der Waals surface area contributed by atoms with E-state index in [1.807, 2.05) is 24.3 Å². The van der Waals surface area contributed by atoms with Crippen LogP contribution in [0.3, 0.4) is 0 Å². The molecule has 0 radical (unpaired) electrons. The molecular weight excluding hydrogens is 464 g/mol. The number of allylic oxidation sites excluding steroid dienone is 1. The summed E-state index contributed by atoms with van der Waals surface area (Å²) in [6.45, 7) is 0.709. The molecule has 1 nitrogen and oxygen atoms in total. The minimum Gasteiger partial charge on any atom is -0.432 e. The van der Waals surface area contributed by atoms with E-state index in [1.54, 1.807) is 12.1 Å². The molecule has 1 saturated carbocycles. The molecule has 36 heavy (non-hydrogen) atoms. The summed E-state index contributed by atoms with van der Waals surface area (Å²) in [6.07, 6.45) is 11.7. The molecule has 0 heterocycles. The highest BCUT2D eigenvalue weighted by Crippen LogP contribution is 2.34. The van der Waals surface area contributed by atoms with Gasteiger partial charge in [-0.1, -0.05) is 67.9 Å². The first-order valence-corrected chi connectivity index (χ1v) is 12.5. The Bertz CT molecular complexity index is 1260. The minimum atomic E-state index is -3.11. The molecule has 0 atom stereocenters. The lowest BCUT2D eigenvalue weighted by molar-refractivity contribution is -0.0521. The van der Waals surface area contributed by atoms with Crippen molar-refractivity contribution in [3.8, 4) is 17.6 Å². The van der Waals surface area contributed by atoms with E-state index in [1.165, 1.54) is 43.7 Å². The van der Waals surface area contributed by atoms with Gasteiger partial charge in [0.15, 0.2) is 11.6 Å². The van der Waals surface area contributed by atoms with E-state index in [-0.39, 0.29) is 11.1 Å². The van der Waals surface area contributed by atoms with E-state index in [0.29, 0.717) is 5.39 Å². The second kappa shape index (κ2) is 12.1. The molecule has 1 fully saturated rings. The highest BCUT2D eigenvalue weighted by molar-refractivity contribution is 5.85. The molecule has 188 valence electrons. The Kier molecular flexibility index (Phi) is 8.70. The van der Waals surface area contributed by atoms with E-state index in [0.717, 1.165) is 48.6 Å². The van der Waals surface area contributed by atoms with Crippen LogP contribution in [0.25, 0.3) is 10.8 Å². The van der Waals surface area contributed by atoms with Gasteiger partial charge in [0.2, 0.25) is 0 Å². The summed E-state index contributed by atoms with van der Waals surface area (Å²) in [5.41, 5.74) is 1.63. The topological polar surface area (TPSA) is 9.23 Å². The Balaban J connectivity index is 1.40. The number of hydrogen-bond donors (Lipinski definition) is 0. The third-order valence-corrected chi connectivity index (χ3v) is 7.09. The maximum Gasteiger partial charge on any atom is 0.387 e. The number of fused-ring (bicyclic) bond motifs is 1. The fraction of sp³-hybridized carbons (Fsp3) is 0.355. The number of rotatable bonds is 8. The van der Waals surface area contributed by atoms with Gasteiger partial charge in [-0.15, -0.1) is 6.58 Å². The van der Waals surface area contributed by atoms with Crippen LogP contribution >= 0.6 is 0 Å². The summed E-state index contributed by atoms with van der Waals surface area (Å²) in [6, 6.07) is 12.7. The van der Waals surface area contributed by atoms with E-state index in [4.69, 9.17) is 0 Å². The number of hydrogen-bond acceptors (Lipinski definition) is 1. The molecule has 0 bridgehead atoms. The number of alkyl halides is 2. The Hall–Kier alpha value is -3.26. The quantitative estimate of drug-likeness (QED) is 0.173. The Labute approximate surface area is 210 Å². The average molecular weight is 495 g/mol. The van der Waals surface area contributed by atoms with E-state index < -0.39 is 24.0 Å². The standard InChI is InChI=1S/C31H30F4O/c1-2-3-4-21-5-7-22(8-6-21)9-10-23-12-17-27-26(19-23)16-15-25(30(27)33)14-11-24-13-18-29(28(32)20-24)36-31(34)35/h2,12-13,15-22,31H,1,3-10H2. The van der Waals surface area contributed by atoms with Gasteiger partial charge in [0.25, 0.3) is 0 Å². The Morgan fingerprint density at radius 3 is 2.36 bits per heavy atom. The van der Waals surface area contributed by atoms with E-state index >= 15 is 4.39 Å². The monoisotopic (exact) mass is 494 g/mol. The van der Waals surface area contributed by atoms with Crippen LogP contribution in [-0.4, -0.2) is 6.61 Å². The molecule has 4 rings (SSSR count). The Morgan fingerprint density at radius 1 is 0.917 bits per heavy atom. The molecule has 0 amide bonds. The lowest BCUT2D eigenvalue weighted by atomic mass is 9.78. The molecule has 0 N–H and O–H groups in total. The predicted octanol–water partition coefficient (Wildman–Crippen LogP) is 8.82. The predicted molar refractivity (Wildman–Crippen MR) is 136 cm³/mol. The molecule has 0 unspecified atom stereocenters. The third-order valence-electron chi connectivity index (χ3n) is 7.09. The SMILES string of the molecule is C=CCCC1CCC(CCc2ccc3c(F)c(C#Cc4ccc(OC(F)F)c(F)c4)ccc3c2)CC1. The van der Waals surface area contributed by atoms with Crippen LogP contribution < -0.4 is 4.74 Å². The van der Waals surface area contributed by atoms with Gasteiger partial charge in [-0.2, -0.15) is 8.78 Å². The lowest BCUT2D eigenvalue weighted by Gasteiger charge is -2.28. The molecule has 0 aliphatic heterocycles. The van der Waals surface area contributed by atoms with Gasteiger partial charge < -0.3 is 4.74 Å². The first-order valence-electron chi connectivity index (χ1n) is 12.5. The van der Waals surface area contributed by atoms with Crippen molar-refractivity contribution in [2.24, 2.45) is 11.8 Å². The molecule has 1 aliphatic rings. The number of ether oxygens (including phenoxy) is 1. The maximum atomic E-state index is 15.1. The molecule has 0 aromatic heterocycles. The minimum absolute atomic E-state index is 0.191. The highest BCUT2D eigenvalue weighted by atomic mass is 19.3. The normalized spacial score (nSPS) is 17.6. The van der Waals surface area contributed by atoms with Crippen molar-refractivity contribution in [2.75, 3.05) is 0 Å². The number of benzene rings is 3. The van der Waals surface area contributed by atoms with Gasteiger partial charge in [-0.25, -0.2) is 8.78 Å². The number of aryl methyl sites for hydroxylation is 1. The van der Waals surface area contributed by atoms with Crippen LogP contribution in [0.1, 0.15) is 61.6 Å². The van der Waals surface area contributed by atoms with Crippen molar-refractivity contribution in [3.05, 3.63) is 89.5 Å². The summed E-state index contributed by atoms with van der Waals surface area (Å²) in [5, 5.41) is 1.31. The van der Waals surface area contributed by atoms with Crippen LogP contribution in [0.5, 0.6) is 5.75 Å². The summed E-state index contributed by atoms with van der Waals surface area (Å²) in [4.78, 5) is 0. The smallest absolute Gasteiger partial charge is 0.387 e. The number of halogens is 4. The Morgan fingerprint density at radius 2 is 1.67 bits per heavy atom. The van der Waals surface area contributed by atoms with Gasteiger partial charge >= 0.3 is 6.61 Å². The summed E-state index contributed by atoms with van der Waals surface area (Å²) in [5.74, 6) is 5.09. The molecule has 5 heteroatoms. The molecule has 3 aromatic carbocycles. The van der Waals surface area contributed by atoms with Crippen LogP contribution in [0.2, 0.25) is 0 Å². The van der Waals surface area contributed by atoms with E-state index in [2.05, 4.69) is 23.2 Å². The zero-order chi connectivity index (χ0) is 25.5. The van der Waals surface area contributed by atoms with Crippen molar-refractivity contribution in [1.29, 1.82) is 0 Å². The van der Waals surface area contributed by atoms with Gasteiger partial charge in [0.05, 0.1) is 5.56 Å². The molecule has 0 spiro atoms. The van der Waals surface area contributed by atoms with Gasteiger partial charge in [-0.05, 0) is 72.7 Å². The summed E-state index contributed by atoms with van der Waals surface area (Å²) < 4.78 is 57.7. The second-order valence-electron chi connectivity index (χ2n) is 9.55. The maximum absolute atomic E-state index is 15.1. The van der Waals surface area contributed by atoms with Crippen LogP contribution in [0.4, 0.5) is 17.6 Å². The molecular formula is C31H30F4O. The van der Waals surface area contributed by atoms with Crippen LogP contribution in [0.15, 0.2) is 61.2 Å². The van der Waals surface area contributed by atoms with Gasteiger partial charge in [-0.3, -0.25) is 0 Å². The van der Waals surface area contributed by atoms with Crippen molar-refractivity contribution < 1.29 is 22.3 Å². The highest BCUT2D eigenvalue weighted by Gasteiger charge is 2.20. The molecule has 1 aliphatic carbocycles. The zero-order valence-electron chi connectivity index (χ0n) is 20.2. The van der Waals surface area contributed by atoms with Crippen molar-refractivity contribution >= 4 is 10.8 Å². The van der Waals surface area contributed by atoms with Crippen molar-refractivity contribution in [1.82, 2.24) is 0 Å². The first kappa shape index (κ1) is 25.8. The van der Waals surface area contributed by atoms with E-state index in [9.17, 15) is 13.2 Å². The average Bonchev–Trinajstić information content (AvgIpc) is 2.87. The summed E-state index contributed by atoms with van der Waals surface area (Å²) >= 11 is 0. The van der Waals surface area contributed by atoms with Crippen LogP contribution in [-0.2, 0) is 6.42 Å². The van der Waals surface area contributed by atoms with Crippen molar-refractivity contribution in [3.63, 3.8) is 0 Å². The second-order valence-corrected chi connectivity index (χ2v) is 9.55. The third kappa shape index (κ3) is 6.69. The van der Waals surface area contributed by atoms with Gasteiger partial charge in [0.1, 0.15) is 5.82 Å². The molecule has 0 saturated heterocycles. The fourth-order valence-corrected chi connectivity index (χ4v) is 5.04. The molecule has 3 aromatic rings. The summed E-state index contributed by atoms with van der Waals surface area (Å²) in [7, 11) is 0. The largest absolute Gasteiger partial charge is 0.432 e. The van der Waals surface area contributed by atoms with Gasteiger partial charge in [0, 0.05) is 10.9 Å². The zero-order valence-corrected chi connectivity index (χ0v) is 20.2. The van der Waals surface area contributed by atoms with Crippen molar-refractivity contribution in [2.45, 2.75) is 58.0 Å². The lowest BCUT2D eigenvalue weighted by Crippen LogP contribution is -2.15. The van der Waals surface area contributed by atoms with Crippen LogP contribution in [0, 0.1) is 35.3 Å². The fourth-order valence-electron chi connectivity index (χ4n) is 5.04. The first-order chi connectivity index (χ1) is 17.4.